The molecule has 43 heavy (non-hydrogen) atoms. The number of halogens is 3. The van der Waals surface area contributed by atoms with Gasteiger partial charge < -0.3 is 25.6 Å². The molecule has 0 fully saturated rings. The minimum atomic E-state index is -4.56. The van der Waals surface area contributed by atoms with Crippen molar-refractivity contribution in [2.45, 2.75) is 25.9 Å². The van der Waals surface area contributed by atoms with E-state index in [1.54, 1.807) is 42.7 Å². The first-order valence-electron chi connectivity index (χ1n) is 13.7. The number of hydrogen-bond donors (Lipinski definition) is 3. The van der Waals surface area contributed by atoms with Crippen LogP contribution in [0.1, 0.15) is 39.0 Å². The Morgan fingerprint density at radius 1 is 1.02 bits per heavy atom. The lowest BCUT2D eigenvalue weighted by atomic mass is 10.0. The number of aryl methyl sites for hydroxylation is 1. The number of alkyl halides is 3. The van der Waals surface area contributed by atoms with Gasteiger partial charge in [0.2, 0.25) is 0 Å². The van der Waals surface area contributed by atoms with Crippen LogP contribution in [0.3, 0.4) is 0 Å². The highest BCUT2D eigenvalue weighted by atomic mass is 19.4. The number of rotatable bonds is 13. The summed E-state index contributed by atoms with van der Waals surface area (Å²) in [4.78, 5) is 21.5. The van der Waals surface area contributed by atoms with E-state index in [1.807, 2.05) is 28.1 Å². The van der Waals surface area contributed by atoms with Gasteiger partial charge in [0.05, 0.1) is 30.3 Å². The highest BCUT2D eigenvalue weighted by molar-refractivity contribution is 6.05. The Morgan fingerprint density at radius 3 is 2.44 bits per heavy atom. The third-order valence-electron chi connectivity index (χ3n) is 6.82. The van der Waals surface area contributed by atoms with Crippen LogP contribution in [0.5, 0.6) is 5.75 Å². The standard InChI is InChI=1S/C31H40F3N7O2/c1-21-7-8-23(16-29(21)41(36)20-28(35)24-15-27(43-5)19-37-18-24)30(42)38-26-14-22(13-25(17-26)31(32,33)34)9-12-40(4)11-6-10-39(2)3/h7-8,13-20H,6,9-12,35-36H2,1-5H3,(H,38,42)/b28-20-. The van der Waals surface area contributed by atoms with Gasteiger partial charge in [-0.2, -0.15) is 13.2 Å². The molecular weight excluding hydrogens is 559 g/mol. The summed E-state index contributed by atoms with van der Waals surface area (Å²) in [5, 5.41) is 3.91. The maximum atomic E-state index is 13.7. The van der Waals surface area contributed by atoms with Crippen molar-refractivity contribution in [3.63, 3.8) is 0 Å². The van der Waals surface area contributed by atoms with Crippen LogP contribution >= 0.6 is 0 Å². The molecule has 2 aromatic carbocycles. The van der Waals surface area contributed by atoms with Crippen molar-refractivity contribution in [2.75, 3.05) is 58.2 Å². The van der Waals surface area contributed by atoms with E-state index in [0.29, 0.717) is 41.2 Å². The third-order valence-corrected chi connectivity index (χ3v) is 6.82. The lowest BCUT2D eigenvalue weighted by Gasteiger charge is -2.20. The molecule has 0 aliphatic rings. The highest BCUT2D eigenvalue weighted by Crippen LogP contribution is 2.32. The van der Waals surface area contributed by atoms with Crippen LogP contribution in [0.2, 0.25) is 0 Å². The van der Waals surface area contributed by atoms with E-state index in [0.717, 1.165) is 37.2 Å². The Kier molecular flexibility index (Phi) is 11.5. The number of carbonyl (C=O) groups excluding carboxylic acids is 1. The number of benzene rings is 2. The predicted octanol–water partition coefficient (Wildman–Crippen LogP) is 4.73. The van der Waals surface area contributed by atoms with Crippen LogP contribution < -0.4 is 26.6 Å². The molecule has 0 aliphatic heterocycles. The molecule has 12 heteroatoms. The van der Waals surface area contributed by atoms with Gasteiger partial charge in [-0.05, 0) is 102 Å². The summed E-state index contributed by atoms with van der Waals surface area (Å²) in [7, 11) is 7.45. The number of hydrazine groups is 1. The SMILES string of the molecule is COc1cncc(/C(N)=C/N(N)c2cc(C(=O)Nc3cc(CCN(C)CCCN(C)C)cc(C(F)(F)F)c3)ccc2C)c1. The maximum absolute atomic E-state index is 13.7. The van der Waals surface area contributed by atoms with Crippen LogP contribution in [0, 0.1) is 6.92 Å². The number of nitrogens with two attached hydrogens (primary N) is 2. The van der Waals surface area contributed by atoms with Crippen molar-refractivity contribution in [3.05, 3.63) is 88.9 Å². The molecule has 1 aromatic heterocycles. The summed E-state index contributed by atoms with van der Waals surface area (Å²) in [6.45, 7) is 4.14. The predicted molar refractivity (Wildman–Crippen MR) is 165 cm³/mol. The average molecular weight is 600 g/mol. The number of hydrogen-bond acceptors (Lipinski definition) is 8. The number of aromatic nitrogens is 1. The van der Waals surface area contributed by atoms with E-state index < -0.39 is 17.6 Å². The molecule has 0 saturated heterocycles. The average Bonchev–Trinajstić information content (AvgIpc) is 2.95. The largest absolute Gasteiger partial charge is 0.495 e. The normalized spacial score (nSPS) is 12.1. The lowest BCUT2D eigenvalue weighted by Crippen LogP contribution is -2.27. The van der Waals surface area contributed by atoms with Gasteiger partial charge in [0, 0.05) is 35.8 Å². The molecular formula is C31H40F3N7O2. The number of methoxy groups -OCH3 is 1. The quantitative estimate of drug-likeness (QED) is 0.191. The van der Waals surface area contributed by atoms with E-state index in [2.05, 4.69) is 20.1 Å². The van der Waals surface area contributed by atoms with Crippen molar-refractivity contribution in [2.24, 2.45) is 11.6 Å². The zero-order valence-corrected chi connectivity index (χ0v) is 25.2. The molecule has 9 nitrogen and oxygen atoms in total. The Balaban J connectivity index is 1.79. The van der Waals surface area contributed by atoms with Gasteiger partial charge in [-0.1, -0.05) is 6.07 Å². The zero-order valence-electron chi connectivity index (χ0n) is 25.2. The van der Waals surface area contributed by atoms with Crippen LogP contribution in [0.15, 0.2) is 61.1 Å². The number of likely N-dealkylation sites (N-methyl/N-ethyl adjacent to an activating group) is 1. The number of nitrogens with one attached hydrogen (secondary N) is 1. The first-order valence-corrected chi connectivity index (χ1v) is 13.7. The maximum Gasteiger partial charge on any atom is 0.416 e. The van der Waals surface area contributed by atoms with Crippen LogP contribution in [-0.2, 0) is 12.6 Å². The number of nitrogens with zero attached hydrogens (tertiary/aromatic N) is 4. The Labute approximate surface area is 250 Å². The summed E-state index contributed by atoms with van der Waals surface area (Å²) in [6, 6.07) is 10.2. The number of amides is 1. The Bertz CT molecular complexity index is 1430. The van der Waals surface area contributed by atoms with Crippen LogP contribution in [0.4, 0.5) is 24.5 Å². The smallest absolute Gasteiger partial charge is 0.416 e. The van der Waals surface area contributed by atoms with Gasteiger partial charge >= 0.3 is 6.18 Å². The van der Waals surface area contributed by atoms with Crippen LogP contribution in [-0.4, -0.2) is 68.6 Å². The second-order valence-corrected chi connectivity index (χ2v) is 10.7. The number of pyridine rings is 1. The van der Waals surface area contributed by atoms with E-state index in [-0.39, 0.29) is 11.3 Å². The van der Waals surface area contributed by atoms with Crippen molar-refractivity contribution in [1.29, 1.82) is 0 Å². The minimum Gasteiger partial charge on any atom is -0.495 e. The monoisotopic (exact) mass is 599 g/mol. The lowest BCUT2D eigenvalue weighted by molar-refractivity contribution is -0.137. The topological polar surface area (TPSA) is 113 Å². The highest BCUT2D eigenvalue weighted by Gasteiger charge is 2.31. The van der Waals surface area contributed by atoms with E-state index in [1.165, 1.54) is 18.3 Å². The van der Waals surface area contributed by atoms with Gasteiger partial charge in [-0.25, -0.2) is 5.84 Å². The van der Waals surface area contributed by atoms with Crippen molar-refractivity contribution < 1.29 is 22.7 Å². The van der Waals surface area contributed by atoms with Crippen molar-refractivity contribution in [1.82, 2.24) is 14.8 Å². The second-order valence-electron chi connectivity index (χ2n) is 10.7. The number of anilines is 2. The molecule has 1 amide bonds. The zero-order chi connectivity index (χ0) is 31.7. The molecule has 0 saturated carbocycles. The van der Waals surface area contributed by atoms with E-state index in [4.69, 9.17) is 16.3 Å². The molecule has 0 radical (unpaired) electrons. The summed E-state index contributed by atoms with van der Waals surface area (Å²) in [5.41, 5.74) is 8.28. The fourth-order valence-electron chi connectivity index (χ4n) is 4.38. The fraction of sp³-hybridized carbons (Fsp3) is 0.355. The van der Waals surface area contributed by atoms with Crippen molar-refractivity contribution >= 4 is 23.0 Å². The van der Waals surface area contributed by atoms with Gasteiger partial charge in [-0.3, -0.25) is 14.8 Å². The molecule has 0 aliphatic carbocycles. The molecule has 1 heterocycles. The third kappa shape index (κ3) is 9.98. The van der Waals surface area contributed by atoms with Gasteiger partial charge in [0.15, 0.2) is 0 Å². The minimum absolute atomic E-state index is 0.0616. The molecule has 3 aromatic rings. The summed E-state index contributed by atoms with van der Waals surface area (Å²) >= 11 is 0. The molecule has 5 N–H and O–H groups in total. The summed E-state index contributed by atoms with van der Waals surface area (Å²) < 4.78 is 46.4. The molecule has 0 spiro atoms. The van der Waals surface area contributed by atoms with E-state index >= 15 is 0 Å². The molecule has 232 valence electrons. The first-order chi connectivity index (χ1) is 20.3. The number of ether oxygens (including phenoxy) is 1. The van der Waals surface area contributed by atoms with Gasteiger partial charge in [-0.15, -0.1) is 0 Å². The molecule has 3 rings (SSSR count). The molecule has 0 unspecified atom stereocenters. The number of carbonyl (C=O) groups is 1. The summed E-state index contributed by atoms with van der Waals surface area (Å²) in [6.07, 6.45) is 1.38. The van der Waals surface area contributed by atoms with E-state index in [9.17, 15) is 18.0 Å². The van der Waals surface area contributed by atoms with Gasteiger partial charge in [0.25, 0.3) is 5.91 Å². The van der Waals surface area contributed by atoms with Gasteiger partial charge in [0.1, 0.15) is 5.75 Å². The summed E-state index contributed by atoms with van der Waals surface area (Å²) in [5.74, 6) is 6.23. The first kappa shape index (κ1) is 33.4. The van der Waals surface area contributed by atoms with Crippen LogP contribution in [0.25, 0.3) is 5.70 Å². The second kappa shape index (κ2) is 14.9. The Morgan fingerprint density at radius 2 is 1.77 bits per heavy atom. The molecule has 0 bridgehead atoms. The fourth-order valence-corrected chi connectivity index (χ4v) is 4.38. The van der Waals surface area contributed by atoms with Crippen molar-refractivity contribution in [3.8, 4) is 5.75 Å². The Hall–Kier alpha value is -4.13. The molecule has 0 atom stereocenters.